The third-order valence-electron chi connectivity index (χ3n) is 3.25. The molecule has 104 valence electrons. The van der Waals surface area contributed by atoms with Gasteiger partial charge in [-0.15, -0.1) is 11.3 Å². The Morgan fingerprint density at radius 1 is 1.45 bits per heavy atom. The van der Waals surface area contributed by atoms with Crippen LogP contribution in [-0.4, -0.2) is 52.1 Å². The molecule has 7 heteroatoms. The maximum absolute atomic E-state index is 12.3. The lowest BCUT2D eigenvalue weighted by molar-refractivity contribution is 0.0720. The number of thiazole rings is 1. The predicted molar refractivity (Wildman–Crippen MR) is 74.5 cm³/mol. The topological polar surface area (TPSA) is 68.2 Å². The van der Waals surface area contributed by atoms with E-state index in [0.29, 0.717) is 29.6 Å². The van der Waals surface area contributed by atoms with Crippen LogP contribution in [0.15, 0.2) is 23.8 Å². The first-order valence-electron chi connectivity index (χ1n) is 6.33. The maximum atomic E-state index is 12.3. The summed E-state index contributed by atoms with van der Waals surface area (Å²) >= 11 is 1.38. The van der Waals surface area contributed by atoms with Gasteiger partial charge < -0.3 is 9.64 Å². The molecule has 1 saturated heterocycles. The Bertz CT molecular complexity index is 601. The van der Waals surface area contributed by atoms with Crippen molar-refractivity contribution in [3.05, 3.63) is 29.5 Å². The molecule has 2 aromatic heterocycles. The molecule has 1 atom stereocenters. The molecule has 0 aromatic carbocycles. The number of aromatic nitrogens is 3. The Morgan fingerprint density at radius 2 is 2.25 bits per heavy atom. The van der Waals surface area contributed by atoms with Crippen molar-refractivity contribution in [2.45, 2.75) is 12.5 Å². The van der Waals surface area contributed by atoms with E-state index in [-0.39, 0.29) is 12.0 Å². The zero-order valence-electron chi connectivity index (χ0n) is 11.0. The van der Waals surface area contributed by atoms with Gasteiger partial charge in [0.05, 0.1) is 6.10 Å². The van der Waals surface area contributed by atoms with Gasteiger partial charge in [0.2, 0.25) is 0 Å². The van der Waals surface area contributed by atoms with Crippen LogP contribution in [0, 0.1) is 0 Å². The van der Waals surface area contributed by atoms with Crippen LogP contribution in [0.5, 0.6) is 0 Å². The van der Waals surface area contributed by atoms with Crippen molar-refractivity contribution >= 4 is 17.2 Å². The van der Waals surface area contributed by atoms with Gasteiger partial charge in [-0.2, -0.15) is 0 Å². The number of hydrogen-bond donors (Lipinski definition) is 0. The van der Waals surface area contributed by atoms with E-state index in [1.807, 2.05) is 0 Å². The molecule has 2 aromatic rings. The van der Waals surface area contributed by atoms with Gasteiger partial charge in [0.25, 0.3) is 5.91 Å². The number of carbonyl (C=O) groups is 1. The first kappa shape index (κ1) is 13.1. The number of amides is 1. The number of hydrogen-bond acceptors (Lipinski definition) is 6. The van der Waals surface area contributed by atoms with Crippen LogP contribution < -0.4 is 0 Å². The van der Waals surface area contributed by atoms with E-state index in [1.54, 1.807) is 35.8 Å². The zero-order valence-corrected chi connectivity index (χ0v) is 11.8. The SMILES string of the molecule is COC1CCN(C(=O)c2csc(-c3ncccn3)n2)C1. The summed E-state index contributed by atoms with van der Waals surface area (Å²) in [6, 6.07) is 1.75. The van der Waals surface area contributed by atoms with Crippen LogP contribution in [0.1, 0.15) is 16.9 Å². The smallest absolute Gasteiger partial charge is 0.273 e. The second kappa shape index (κ2) is 5.64. The molecule has 0 radical (unpaired) electrons. The lowest BCUT2D eigenvalue weighted by Gasteiger charge is -2.14. The Morgan fingerprint density at radius 3 is 2.95 bits per heavy atom. The van der Waals surface area contributed by atoms with Gasteiger partial charge >= 0.3 is 0 Å². The van der Waals surface area contributed by atoms with Crippen LogP contribution >= 0.6 is 11.3 Å². The number of methoxy groups -OCH3 is 1. The van der Waals surface area contributed by atoms with E-state index in [0.717, 1.165) is 6.42 Å². The average Bonchev–Trinajstić information content (AvgIpc) is 3.17. The number of nitrogens with zero attached hydrogens (tertiary/aromatic N) is 4. The van der Waals surface area contributed by atoms with Crippen LogP contribution in [0.4, 0.5) is 0 Å². The molecule has 1 aliphatic heterocycles. The summed E-state index contributed by atoms with van der Waals surface area (Å²) in [5.41, 5.74) is 0.453. The van der Waals surface area contributed by atoms with Gasteiger partial charge in [-0.1, -0.05) is 0 Å². The molecule has 0 N–H and O–H groups in total. The van der Waals surface area contributed by atoms with Crippen LogP contribution in [0.2, 0.25) is 0 Å². The summed E-state index contributed by atoms with van der Waals surface area (Å²) in [6.07, 6.45) is 4.33. The molecule has 1 amide bonds. The van der Waals surface area contributed by atoms with E-state index in [9.17, 15) is 4.79 Å². The van der Waals surface area contributed by atoms with Crippen LogP contribution in [-0.2, 0) is 4.74 Å². The lowest BCUT2D eigenvalue weighted by Crippen LogP contribution is -2.30. The van der Waals surface area contributed by atoms with Crippen molar-refractivity contribution in [1.82, 2.24) is 19.9 Å². The Kier molecular flexibility index (Phi) is 3.70. The van der Waals surface area contributed by atoms with Gasteiger partial charge in [0, 0.05) is 38.0 Å². The molecule has 1 aliphatic rings. The largest absolute Gasteiger partial charge is 0.380 e. The first-order valence-corrected chi connectivity index (χ1v) is 7.21. The Hall–Kier alpha value is -1.86. The van der Waals surface area contributed by atoms with Gasteiger partial charge in [0.1, 0.15) is 5.69 Å². The van der Waals surface area contributed by atoms with E-state index >= 15 is 0 Å². The molecule has 0 aliphatic carbocycles. The number of likely N-dealkylation sites (tertiary alicyclic amines) is 1. The van der Waals surface area contributed by atoms with Crippen molar-refractivity contribution in [1.29, 1.82) is 0 Å². The minimum Gasteiger partial charge on any atom is -0.380 e. The van der Waals surface area contributed by atoms with Crippen LogP contribution in [0.3, 0.4) is 0 Å². The van der Waals surface area contributed by atoms with E-state index in [4.69, 9.17) is 4.74 Å². The monoisotopic (exact) mass is 290 g/mol. The second-order valence-electron chi connectivity index (χ2n) is 4.51. The fourth-order valence-corrected chi connectivity index (χ4v) is 2.89. The van der Waals surface area contributed by atoms with Gasteiger partial charge in [0.15, 0.2) is 10.8 Å². The van der Waals surface area contributed by atoms with Gasteiger partial charge in [-0.3, -0.25) is 4.79 Å². The predicted octanol–water partition coefficient (Wildman–Crippen LogP) is 1.46. The first-order chi connectivity index (χ1) is 9.78. The van der Waals surface area contributed by atoms with Gasteiger partial charge in [-0.25, -0.2) is 15.0 Å². The molecule has 3 rings (SSSR count). The summed E-state index contributed by atoms with van der Waals surface area (Å²) in [5.74, 6) is 0.496. The molecule has 1 unspecified atom stereocenters. The van der Waals surface area contributed by atoms with Crippen molar-refractivity contribution in [3.63, 3.8) is 0 Å². The van der Waals surface area contributed by atoms with Crippen molar-refractivity contribution in [2.24, 2.45) is 0 Å². The fourth-order valence-electron chi connectivity index (χ4n) is 2.15. The molecular weight excluding hydrogens is 276 g/mol. The summed E-state index contributed by atoms with van der Waals surface area (Å²) in [5, 5.41) is 2.42. The lowest BCUT2D eigenvalue weighted by atomic mass is 10.3. The standard InChI is InChI=1S/C13H14N4O2S/c1-19-9-3-6-17(7-9)13(18)10-8-20-12(16-10)11-14-4-2-5-15-11/h2,4-5,8-9H,3,6-7H2,1H3. The normalized spacial score (nSPS) is 18.4. The van der Waals surface area contributed by atoms with E-state index < -0.39 is 0 Å². The minimum absolute atomic E-state index is 0.0528. The molecule has 0 spiro atoms. The van der Waals surface area contributed by atoms with Crippen molar-refractivity contribution in [3.8, 4) is 10.8 Å². The number of rotatable bonds is 3. The third kappa shape index (κ3) is 2.54. The highest BCUT2D eigenvalue weighted by Gasteiger charge is 2.28. The maximum Gasteiger partial charge on any atom is 0.273 e. The van der Waals surface area contributed by atoms with Crippen LogP contribution in [0.25, 0.3) is 10.8 Å². The van der Waals surface area contributed by atoms with Crippen molar-refractivity contribution < 1.29 is 9.53 Å². The van der Waals surface area contributed by atoms with Crippen molar-refractivity contribution in [2.75, 3.05) is 20.2 Å². The minimum atomic E-state index is -0.0528. The van der Waals surface area contributed by atoms with E-state index in [2.05, 4.69) is 15.0 Å². The highest BCUT2D eigenvalue weighted by Crippen LogP contribution is 2.22. The zero-order chi connectivity index (χ0) is 13.9. The second-order valence-corrected chi connectivity index (χ2v) is 5.37. The molecule has 0 bridgehead atoms. The Balaban J connectivity index is 1.76. The molecular formula is C13H14N4O2S. The quantitative estimate of drug-likeness (QED) is 0.856. The Labute approximate surface area is 120 Å². The highest BCUT2D eigenvalue weighted by molar-refractivity contribution is 7.13. The summed E-state index contributed by atoms with van der Waals surface area (Å²) in [4.78, 5) is 26.7. The molecule has 3 heterocycles. The third-order valence-corrected chi connectivity index (χ3v) is 4.08. The van der Waals surface area contributed by atoms with E-state index in [1.165, 1.54) is 11.3 Å². The number of carbonyl (C=O) groups excluding carboxylic acids is 1. The molecule has 6 nitrogen and oxygen atoms in total. The average molecular weight is 290 g/mol. The molecule has 1 fully saturated rings. The highest BCUT2D eigenvalue weighted by atomic mass is 32.1. The fraction of sp³-hybridized carbons (Fsp3) is 0.385. The summed E-state index contributed by atoms with van der Waals surface area (Å²) < 4.78 is 5.27. The molecule has 20 heavy (non-hydrogen) atoms. The number of ether oxygens (including phenoxy) is 1. The summed E-state index contributed by atoms with van der Waals surface area (Å²) in [6.45, 7) is 1.34. The summed E-state index contributed by atoms with van der Waals surface area (Å²) in [7, 11) is 1.67. The molecule has 0 saturated carbocycles. The van der Waals surface area contributed by atoms with Gasteiger partial charge in [-0.05, 0) is 12.5 Å².